The molecule has 4 N–H and O–H groups in total. The fraction of sp³-hybridized carbons (Fsp3) is 0.500. The number of hydrogen-bond donors (Lipinski definition) is 3. The second-order valence-corrected chi connectivity index (χ2v) is 1.14. The van der Waals surface area contributed by atoms with Crippen molar-refractivity contribution in [3.8, 4) is 0 Å². The van der Waals surface area contributed by atoms with Crippen molar-refractivity contribution < 1.29 is 10.2 Å². The lowest BCUT2D eigenvalue weighted by molar-refractivity contribution is 0.276. The summed E-state index contributed by atoms with van der Waals surface area (Å²) in [6.07, 6.45) is 1.19. The summed E-state index contributed by atoms with van der Waals surface area (Å²) >= 11 is 0. The highest BCUT2D eigenvalue weighted by molar-refractivity contribution is 4.98. The van der Waals surface area contributed by atoms with Crippen LogP contribution in [0, 0.1) is 0 Å². The van der Waals surface area contributed by atoms with Gasteiger partial charge in [-0.2, -0.15) is 0 Å². The molecule has 0 amide bonds. The molecule has 0 heterocycles. The molecule has 0 saturated carbocycles. The van der Waals surface area contributed by atoms with Gasteiger partial charge in [-0.15, -0.1) is 0 Å². The van der Waals surface area contributed by atoms with Crippen LogP contribution in [0.25, 0.3) is 0 Å². The summed E-state index contributed by atoms with van der Waals surface area (Å²) in [6.45, 7) is -0.319. The third-order valence-electron chi connectivity index (χ3n) is 0.642. The van der Waals surface area contributed by atoms with E-state index in [1.54, 1.807) is 0 Å². The van der Waals surface area contributed by atoms with Crippen molar-refractivity contribution >= 4 is 0 Å². The molecule has 0 radical (unpaired) electrons. The molecule has 0 bridgehead atoms. The van der Waals surface area contributed by atoms with Crippen molar-refractivity contribution in [2.75, 3.05) is 13.2 Å². The van der Waals surface area contributed by atoms with Gasteiger partial charge in [0.2, 0.25) is 0 Å². The standard InChI is InChI=1S/C4H9NO2/c5-1-4(2-6)3-7/h1,6-7H,2-3,5H2. The predicted molar refractivity (Wildman–Crippen MR) is 26.4 cm³/mol. The monoisotopic (exact) mass is 103 g/mol. The van der Waals surface area contributed by atoms with E-state index >= 15 is 0 Å². The van der Waals surface area contributed by atoms with E-state index in [1.807, 2.05) is 0 Å². The smallest absolute Gasteiger partial charge is 0.0680 e. The lowest BCUT2D eigenvalue weighted by Crippen LogP contribution is -1.98. The fourth-order valence-corrected chi connectivity index (χ4v) is 0.155. The molecule has 0 aliphatic heterocycles. The second-order valence-electron chi connectivity index (χ2n) is 1.14. The van der Waals surface area contributed by atoms with Crippen molar-refractivity contribution in [2.45, 2.75) is 0 Å². The van der Waals surface area contributed by atoms with E-state index in [0.29, 0.717) is 5.57 Å². The highest BCUT2D eigenvalue weighted by Gasteiger charge is 1.85. The highest BCUT2D eigenvalue weighted by Crippen LogP contribution is 1.83. The predicted octanol–water partition coefficient (Wildman–Crippen LogP) is -1.19. The minimum atomic E-state index is -0.160. The Morgan fingerprint density at radius 2 is 1.86 bits per heavy atom. The number of hydrogen-bond acceptors (Lipinski definition) is 3. The molecule has 7 heavy (non-hydrogen) atoms. The van der Waals surface area contributed by atoms with Crippen molar-refractivity contribution in [1.29, 1.82) is 0 Å². The maximum absolute atomic E-state index is 8.22. The van der Waals surface area contributed by atoms with Gasteiger partial charge in [0.1, 0.15) is 0 Å². The molecule has 3 nitrogen and oxygen atoms in total. The molecule has 0 aromatic carbocycles. The van der Waals surface area contributed by atoms with E-state index in [2.05, 4.69) is 0 Å². The van der Waals surface area contributed by atoms with E-state index in [9.17, 15) is 0 Å². The average molecular weight is 103 g/mol. The summed E-state index contributed by atoms with van der Waals surface area (Å²) in [6, 6.07) is 0. The van der Waals surface area contributed by atoms with Crippen LogP contribution in [0.15, 0.2) is 11.8 Å². The molecule has 42 valence electrons. The van der Waals surface area contributed by atoms with Crippen LogP contribution < -0.4 is 5.73 Å². The molecule has 0 aliphatic carbocycles. The van der Waals surface area contributed by atoms with Gasteiger partial charge in [0.15, 0.2) is 0 Å². The average Bonchev–Trinajstić information content (AvgIpc) is 1.72. The fourth-order valence-electron chi connectivity index (χ4n) is 0.155. The SMILES string of the molecule is NC=C(CO)CO. The Morgan fingerprint density at radius 1 is 1.43 bits per heavy atom. The Kier molecular flexibility index (Phi) is 3.36. The van der Waals surface area contributed by atoms with Crippen LogP contribution in [0.3, 0.4) is 0 Å². The molecular formula is C4H9NO2. The minimum absolute atomic E-state index is 0.160. The Balaban J connectivity index is 3.38. The Morgan fingerprint density at radius 3 is 1.86 bits per heavy atom. The lowest BCUT2D eigenvalue weighted by Gasteiger charge is -1.91. The molecule has 0 aliphatic rings. The Labute approximate surface area is 42.1 Å². The van der Waals surface area contributed by atoms with Gasteiger partial charge in [0.05, 0.1) is 13.2 Å². The van der Waals surface area contributed by atoms with Crippen LogP contribution in [-0.4, -0.2) is 23.4 Å². The van der Waals surface area contributed by atoms with Gasteiger partial charge in [-0.25, -0.2) is 0 Å². The van der Waals surface area contributed by atoms with Crippen molar-refractivity contribution in [2.24, 2.45) is 5.73 Å². The van der Waals surface area contributed by atoms with Crippen molar-refractivity contribution in [3.05, 3.63) is 11.8 Å². The molecule has 0 atom stereocenters. The van der Waals surface area contributed by atoms with Gasteiger partial charge in [-0.3, -0.25) is 0 Å². The van der Waals surface area contributed by atoms with E-state index in [1.165, 1.54) is 6.20 Å². The summed E-state index contributed by atoms with van der Waals surface area (Å²) in [5.41, 5.74) is 5.36. The number of aliphatic hydroxyl groups excluding tert-OH is 2. The normalized spacial score (nSPS) is 8.29. The third kappa shape index (κ3) is 2.19. The molecule has 0 aromatic heterocycles. The molecule has 0 aromatic rings. The van der Waals surface area contributed by atoms with E-state index < -0.39 is 0 Å². The first kappa shape index (κ1) is 6.46. The van der Waals surface area contributed by atoms with Gasteiger partial charge < -0.3 is 15.9 Å². The third-order valence-corrected chi connectivity index (χ3v) is 0.642. The van der Waals surface area contributed by atoms with Crippen LogP contribution in [0.2, 0.25) is 0 Å². The van der Waals surface area contributed by atoms with Crippen molar-refractivity contribution in [1.82, 2.24) is 0 Å². The van der Waals surface area contributed by atoms with Gasteiger partial charge in [-0.1, -0.05) is 0 Å². The molecule has 0 fully saturated rings. The first-order valence-electron chi connectivity index (χ1n) is 1.96. The van der Waals surface area contributed by atoms with E-state index in [-0.39, 0.29) is 13.2 Å². The molecule has 3 heteroatoms. The zero-order valence-electron chi connectivity index (χ0n) is 3.96. The molecule has 0 unspecified atom stereocenters. The quantitative estimate of drug-likeness (QED) is 0.412. The zero-order valence-corrected chi connectivity index (χ0v) is 3.96. The number of rotatable bonds is 2. The number of nitrogens with two attached hydrogens (primary N) is 1. The van der Waals surface area contributed by atoms with Gasteiger partial charge in [0, 0.05) is 0 Å². The molecule has 0 spiro atoms. The van der Waals surface area contributed by atoms with Gasteiger partial charge >= 0.3 is 0 Å². The summed E-state index contributed by atoms with van der Waals surface area (Å²) in [5.74, 6) is 0. The maximum atomic E-state index is 8.22. The number of aliphatic hydroxyl groups is 2. The Bertz CT molecular complexity index is 64.1. The van der Waals surface area contributed by atoms with E-state index in [4.69, 9.17) is 15.9 Å². The van der Waals surface area contributed by atoms with Gasteiger partial charge in [0.25, 0.3) is 0 Å². The van der Waals surface area contributed by atoms with Crippen molar-refractivity contribution in [3.63, 3.8) is 0 Å². The van der Waals surface area contributed by atoms with Crippen LogP contribution in [-0.2, 0) is 0 Å². The first-order valence-corrected chi connectivity index (χ1v) is 1.96. The van der Waals surface area contributed by atoms with Gasteiger partial charge in [-0.05, 0) is 11.8 Å². The Hall–Kier alpha value is -0.540. The highest BCUT2D eigenvalue weighted by atomic mass is 16.3. The van der Waals surface area contributed by atoms with Crippen LogP contribution in [0.1, 0.15) is 0 Å². The maximum Gasteiger partial charge on any atom is 0.0680 e. The molecule has 0 rings (SSSR count). The lowest BCUT2D eigenvalue weighted by atomic mass is 10.3. The minimum Gasteiger partial charge on any atom is -0.404 e. The molecule has 0 saturated heterocycles. The summed E-state index contributed by atoms with van der Waals surface area (Å²) in [5, 5.41) is 16.4. The zero-order chi connectivity index (χ0) is 5.70. The molecular weight excluding hydrogens is 94.0 g/mol. The summed E-state index contributed by atoms with van der Waals surface area (Å²) < 4.78 is 0. The van der Waals surface area contributed by atoms with Crippen LogP contribution >= 0.6 is 0 Å². The topological polar surface area (TPSA) is 66.5 Å². The largest absolute Gasteiger partial charge is 0.404 e. The summed E-state index contributed by atoms with van der Waals surface area (Å²) in [4.78, 5) is 0. The van der Waals surface area contributed by atoms with Crippen LogP contribution in [0.5, 0.6) is 0 Å². The first-order chi connectivity index (χ1) is 3.35. The summed E-state index contributed by atoms with van der Waals surface area (Å²) in [7, 11) is 0. The second kappa shape index (κ2) is 3.64. The van der Waals surface area contributed by atoms with Crippen LogP contribution in [0.4, 0.5) is 0 Å². The van der Waals surface area contributed by atoms with E-state index in [0.717, 1.165) is 0 Å².